The van der Waals surface area contributed by atoms with Crippen molar-refractivity contribution in [3.8, 4) is 17.0 Å². The van der Waals surface area contributed by atoms with Gasteiger partial charge in [0, 0.05) is 22.8 Å². The molecule has 21 heavy (non-hydrogen) atoms. The Labute approximate surface area is 129 Å². The maximum atomic E-state index is 10.7. The number of carboxylic acid groups (broad SMARTS) is 1. The van der Waals surface area contributed by atoms with Gasteiger partial charge in [-0.1, -0.05) is 11.6 Å². The quantitative estimate of drug-likeness (QED) is 0.800. The van der Waals surface area contributed by atoms with Crippen molar-refractivity contribution in [1.29, 1.82) is 0 Å². The highest BCUT2D eigenvalue weighted by Crippen LogP contribution is 2.31. The summed E-state index contributed by atoms with van der Waals surface area (Å²) < 4.78 is 6.95. The second kappa shape index (κ2) is 5.38. The Hall–Kier alpha value is -2.05. The number of halogens is 1. The lowest BCUT2D eigenvalue weighted by molar-refractivity contribution is -0.136. The minimum Gasteiger partial charge on any atom is -0.495 e. The first-order valence-corrected chi connectivity index (χ1v) is 7.29. The molecule has 0 atom stereocenters. The number of carbonyl (C=O) groups is 1. The third kappa shape index (κ3) is 2.72. The molecule has 3 aromatic rings. The second-order valence-corrected chi connectivity index (χ2v) is 5.93. The van der Waals surface area contributed by atoms with E-state index in [1.165, 1.54) is 11.3 Å². The highest BCUT2D eigenvalue weighted by atomic mass is 35.5. The largest absolute Gasteiger partial charge is 0.495 e. The number of methoxy groups -OCH3 is 1. The van der Waals surface area contributed by atoms with E-state index in [0.717, 1.165) is 21.1 Å². The van der Waals surface area contributed by atoms with Crippen molar-refractivity contribution in [2.75, 3.05) is 7.11 Å². The molecule has 1 N–H and O–H groups in total. The monoisotopic (exact) mass is 322 g/mol. The molecule has 2 aromatic heterocycles. The molecule has 0 fully saturated rings. The number of thiazole rings is 1. The topological polar surface area (TPSA) is 63.8 Å². The van der Waals surface area contributed by atoms with Gasteiger partial charge in [0.15, 0.2) is 4.96 Å². The Morgan fingerprint density at radius 3 is 2.90 bits per heavy atom. The Kier molecular flexibility index (Phi) is 3.57. The average Bonchev–Trinajstić information content (AvgIpc) is 2.95. The average molecular weight is 323 g/mol. The van der Waals surface area contributed by atoms with Crippen LogP contribution in [0, 0.1) is 0 Å². The molecule has 0 saturated heterocycles. The smallest absolute Gasteiger partial charge is 0.308 e. The van der Waals surface area contributed by atoms with Gasteiger partial charge in [-0.05, 0) is 18.2 Å². The molecule has 0 aliphatic rings. The molecule has 2 heterocycles. The summed E-state index contributed by atoms with van der Waals surface area (Å²) in [6, 6.07) is 5.47. The van der Waals surface area contributed by atoms with Gasteiger partial charge in [0.1, 0.15) is 5.75 Å². The molecule has 0 aliphatic carbocycles. The fourth-order valence-electron chi connectivity index (χ4n) is 2.04. The van der Waals surface area contributed by atoms with E-state index in [0.29, 0.717) is 10.8 Å². The normalized spacial score (nSPS) is 11.0. The van der Waals surface area contributed by atoms with Gasteiger partial charge in [0.05, 0.1) is 24.2 Å². The van der Waals surface area contributed by atoms with Crippen LogP contribution in [0.15, 0.2) is 30.6 Å². The van der Waals surface area contributed by atoms with Crippen LogP contribution in [0.2, 0.25) is 5.02 Å². The van der Waals surface area contributed by atoms with Crippen LogP contribution in [0.3, 0.4) is 0 Å². The van der Waals surface area contributed by atoms with Crippen molar-refractivity contribution < 1.29 is 14.6 Å². The van der Waals surface area contributed by atoms with Crippen molar-refractivity contribution in [3.63, 3.8) is 0 Å². The summed E-state index contributed by atoms with van der Waals surface area (Å²) >= 11 is 7.48. The highest BCUT2D eigenvalue weighted by Gasteiger charge is 2.11. The number of ether oxygens (including phenoxy) is 1. The van der Waals surface area contributed by atoms with Gasteiger partial charge in [0.2, 0.25) is 0 Å². The molecule has 1 aromatic carbocycles. The zero-order chi connectivity index (χ0) is 15.0. The number of imidazole rings is 1. The van der Waals surface area contributed by atoms with Crippen LogP contribution in [-0.2, 0) is 11.2 Å². The van der Waals surface area contributed by atoms with Crippen molar-refractivity contribution in [3.05, 3.63) is 40.5 Å². The summed E-state index contributed by atoms with van der Waals surface area (Å²) in [5, 5.41) is 9.32. The maximum Gasteiger partial charge on any atom is 0.308 e. The Morgan fingerprint density at radius 2 is 2.29 bits per heavy atom. The molecule has 0 aliphatic heterocycles. The third-order valence-electron chi connectivity index (χ3n) is 2.98. The van der Waals surface area contributed by atoms with Gasteiger partial charge < -0.3 is 9.84 Å². The van der Waals surface area contributed by atoms with E-state index >= 15 is 0 Å². The fourth-order valence-corrected chi connectivity index (χ4v) is 3.25. The van der Waals surface area contributed by atoms with Crippen LogP contribution < -0.4 is 4.74 Å². The van der Waals surface area contributed by atoms with Gasteiger partial charge in [-0.15, -0.1) is 11.3 Å². The number of benzene rings is 1. The van der Waals surface area contributed by atoms with Crippen LogP contribution in [-0.4, -0.2) is 27.6 Å². The minimum atomic E-state index is -0.846. The molecule has 3 rings (SSSR count). The summed E-state index contributed by atoms with van der Waals surface area (Å²) in [6.07, 6.45) is 3.66. The first-order valence-electron chi connectivity index (χ1n) is 6.10. The van der Waals surface area contributed by atoms with Crippen LogP contribution in [0.5, 0.6) is 5.75 Å². The van der Waals surface area contributed by atoms with Crippen molar-refractivity contribution in [1.82, 2.24) is 9.38 Å². The van der Waals surface area contributed by atoms with Gasteiger partial charge >= 0.3 is 5.97 Å². The van der Waals surface area contributed by atoms with Crippen molar-refractivity contribution >= 4 is 33.9 Å². The van der Waals surface area contributed by atoms with E-state index in [1.54, 1.807) is 25.4 Å². The van der Waals surface area contributed by atoms with Crippen LogP contribution >= 0.6 is 22.9 Å². The molecule has 0 bridgehead atoms. The molecule has 0 amide bonds. The van der Waals surface area contributed by atoms with E-state index in [2.05, 4.69) is 4.98 Å². The van der Waals surface area contributed by atoms with Gasteiger partial charge in [-0.3, -0.25) is 9.20 Å². The molecule has 0 unspecified atom stereocenters. The van der Waals surface area contributed by atoms with Crippen LogP contribution in [0.25, 0.3) is 16.2 Å². The Bertz CT molecular complexity index is 793. The molecule has 0 radical (unpaired) electrons. The van der Waals surface area contributed by atoms with E-state index in [9.17, 15) is 4.79 Å². The summed E-state index contributed by atoms with van der Waals surface area (Å²) in [5.74, 6) is -0.230. The number of nitrogens with zero attached hydrogens (tertiary/aromatic N) is 2. The molecular weight excluding hydrogens is 312 g/mol. The lowest BCUT2D eigenvalue weighted by Crippen LogP contribution is -1.97. The molecular formula is C14H11ClN2O3S. The Balaban J connectivity index is 1.96. The molecule has 7 heteroatoms. The summed E-state index contributed by atoms with van der Waals surface area (Å²) in [5.41, 5.74) is 1.67. The summed E-state index contributed by atoms with van der Waals surface area (Å²) in [6.45, 7) is 0. The third-order valence-corrected chi connectivity index (χ3v) is 4.27. The predicted octanol–water partition coefficient (Wildman–Crippen LogP) is 3.35. The number of hydrogen-bond acceptors (Lipinski definition) is 4. The summed E-state index contributed by atoms with van der Waals surface area (Å²) in [7, 11) is 1.57. The molecule has 108 valence electrons. The number of fused-ring (bicyclic) bond motifs is 1. The highest BCUT2D eigenvalue weighted by molar-refractivity contribution is 7.17. The van der Waals surface area contributed by atoms with E-state index < -0.39 is 5.97 Å². The number of aliphatic carboxylic acids is 1. The van der Waals surface area contributed by atoms with Crippen LogP contribution in [0.1, 0.15) is 4.88 Å². The second-order valence-electron chi connectivity index (χ2n) is 4.43. The standard InChI is InChI=1S/C14H11ClN2O3S/c1-20-12-3-2-8(4-10(12)15)11-7-17-6-9(5-13(18)19)21-14(17)16-11/h2-4,6-7H,5H2,1H3,(H,18,19). The molecule has 5 nitrogen and oxygen atoms in total. The van der Waals surface area contributed by atoms with E-state index in [4.69, 9.17) is 21.4 Å². The fraction of sp³-hybridized carbons (Fsp3) is 0.143. The number of hydrogen-bond donors (Lipinski definition) is 1. The summed E-state index contributed by atoms with van der Waals surface area (Å²) in [4.78, 5) is 16.7. The Morgan fingerprint density at radius 1 is 1.48 bits per heavy atom. The minimum absolute atomic E-state index is 0.0116. The lowest BCUT2D eigenvalue weighted by atomic mass is 10.1. The van der Waals surface area contributed by atoms with E-state index in [1.807, 2.05) is 16.7 Å². The van der Waals surface area contributed by atoms with E-state index in [-0.39, 0.29) is 6.42 Å². The van der Waals surface area contributed by atoms with Gasteiger partial charge in [0.25, 0.3) is 0 Å². The number of aromatic nitrogens is 2. The number of rotatable bonds is 4. The van der Waals surface area contributed by atoms with Crippen molar-refractivity contribution in [2.24, 2.45) is 0 Å². The molecule has 0 saturated carbocycles. The lowest BCUT2D eigenvalue weighted by Gasteiger charge is -2.03. The van der Waals surface area contributed by atoms with Gasteiger partial charge in [-0.25, -0.2) is 4.98 Å². The zero-order valence-corrected chi connectivity index (χ0v) is 12.6. The molecule has 0 spiro atoms. The first-order chi connectivity index (χ1) is 10.1. The van der Waals surface area contributed by atoms with Crippen LogP contribution in [0.4, 0.5) is 0 Å². The maximum absolute atomic E-state index is 10.7. The SMILES string of the molecule is COc1ccc(-c2cn3cc(CC(=O)O)sc3n2)cc1Cl. The van der Waals surface area contributed by atoms with Gasteiger partial charge in [-0.2, -0.15) is 0 Å². The predicted molar refractivity (Wildman–Crippen MR) is 81.4 cm³/mol. The zero-order valence-electron chi connectivity index (χ0n) is 11.0. The number of carboxylic acids is 1. The van der Waals surface area contributed by atoms with Crippen molar-refractivity contribution in [2.45, 2.75) is 6.42 Å². The first kappa shape index (κ1) is 13.9.